The molecule has 24 heavy (non-hydrogen) atoms. The van der Waals surface area contributed by atoms with Gasteiger partial charge in [-0.05, 0) is 24.6 Å². The smallest absolute Gasteiger partial charge is 0.383 e. The summed E-state index contributed by atoms with van der Waals surface area (Å²) in [5.41, 5.74) is 3.43. The fraction of sp³-hybridized carbons (Fsp3) is 0.250. The van der Waals surface area contributed by atoms with Crippen molar-refractivity contribution in [1.29, 1.82) is 0 Å². The van der Waals surface area contributed by atoms with Gasteiger partial charge in [0.1, 0.15) is 0 Å². The highest BCUT2D eigenvalue weighted by Crippen LogP contribution is 2.26. The van der Waals surface area contributed by atoms with Crippen molar-refractivity contribution in [2.24, 2.45) is 0 Å². The van der Waals surface area contributed by atoms with Gasteiger partial charge < -0.3 is 9.67 Å². The van der Waals surface area contributed by atoms with Gasteiger partial charge in [0.15, 0.2) is 6.10 Å². The lowest BCUT2D eigenvalue weighted by Gasteiger charge is -2.12. The third-order valence-electron chi connectivity index (χ3n) is 3.71. The van der Waals surface area contributed by atoms with Crippen LogP contribution in [0.5, 0.6) is 0 Å². The van der Waals surface area contributed by atoms with E-state index in [1.807, 2.05) is 35.9 Å². The highest BCUT2D eigenvalue weighted by Gasteiger charge is 2.38. The second-order valence-electron chi connectivity index (χ2n) is 5.51. The van der Waals surface area contributed by atoms with Crippen molar-refractivity contribution in [1.82, 2.24) is 19.7 Å². The highest BCUT2D eigenvalue weighted by atomic mass is 19.4. The van der Waals surface area contributed by atoms with Crippen LogP contribution in [0.25, 0.3) is 16.9 Å². The lowest BCUT2D eigenvalue weighted by atomic mass is 10.1. The van der Waals surface area contributed by atoms with Gasteiger partial charge in [-0.25, -0.2) is 4.98 Å². The van der Waals surface area contributed by atoms with Gasteiger partial charge >= 0.3 is 6.18 Å². The van der Waals surface area contributed by atoms with Gasteiger partial charge in [0.2, 0.25) is 0 Å². The van der Waals surface area contributed by atoms with Gasteiger partial charge in [0.25, 0.3) is 0 Å². The number of hydrogen-bond donors (Lipinski definition) is 2. The Kier molecular flexibility index (Phi) is 4.15. The predicted molar refractivity (Wildman–Crippen MR) is 81.6 cm³/mol. The molecule has 0 radical (unpaired) electrons. The summed E-state index contributed by atoms with van der Waals surface area (Å²) < 4.78 is 39.1. The van der Waals surface area contributed by atoms with Crippen LogP contribution in [-0.4, -0.2) is 37.1 Å². The zero-order valence-electron chi connectivity index (χ0n) is 12.7. The van der Waals surface area contributed by atoms with Crippen LogP contribution in [0, 0.1) is 6.92 Å². The van der Waals surface area contributed by atoms with Crippen molar-refractivity contribution in [2.45, 2.75) is 25.6 Å². The number of rotatable bonds is 4. The predicted octanol–water partition coefficient (Wildman–Crippen LogP) is 3.04. The quantitative estimate of drug-likeness (QED) is 0.770. The molecular formula is C16H15F3N4O. The van der Waals surface area contributed by atoms with E-state index < -0.39 is 18.7 Å². The van der Waals surface area contributed by atoms with E-state index in [9.17, 15) is 13.2 Å². The highest BCUT2D eigenvalue weighted by molar-refractivity contribution is 5.64. The molecule has 3 aromatic rings. The molecule has 0 amide bonds. The third-order valence-corrected chi connectivity index (χ3v) is 3.71. The monoisotopic (exact) mass is 336 g/mol. The minimum Gasteiger partial charge on any atom is -0.383 e. The van der Waals surface area contributed by atoms with E-state index in [1.165, 1.54) is 6.07 Å². The topological polar surface area (TPSA) is 66.7 Å². The van der Waals surface area contributed by atoms with E-state index in [4.69, 9.17) is 5.11 Å². The number of nitrogens with zero attached hydrogens (tertiary/aromatic N) is 3. The second-order valence-corrected chi connectivity index (χ2v) is 5.51. The van der Waals surface area contributed by atoms with Crippen molar-refractivity contribution >= 4 is 0 Å². The molecule has 2 N–H and O–H groups in total. The van der Waals surface area contributed by atoms with Crippen molar-refractivity contribution in [2.75, 3.05) is 0 Å². The number of halogens is 3. The van der Waals surface area contributed by atoms with Crippen LogP contribution in [0.4, 0.5) is 13.2 Å². The van der Waals surface area contributed by atoms with E-state index >= 15 is 0 Å². The van der Waals surface area contributed by atoms with Crippen molar-refractivity contribution in [3.63, 3.8) is 0 Å². The van der Waals surface area contributed by atoms with E-state index in [1.54, 1.807) is 12.5 Å². The number of hydrogen-bond acceptors (Lipinski definition) is 3. The maximum absolute atomic E-state index is 12.4. The van der Waals surface area contributed by atoms with Crippen LogP contribution in [0.2, 0.25) is 0 Å². The first kappa shape index (κ1) is 16.3. The van der Waals surface area contributed by atoms with Gasteiger partial charge in [0.05, 0.1) is 17.7 Å². The Bertz CT molecular complexity index is 824. The second kappa shape index (κ2) is 6.12. The van der Waals surface area contributed by atoms with E-state index in [0.717, 1.165) is 16.8 Å². The van der Waals surface area contributed by atoms with Crippen LogP contribution in [0.15, 0.2) is 43.0 Å². The summed E-state index contributed by atoms with van der Waals surface area (Å²) in [6.07, 6.45) is -2.48. The van der Waals surface area contributed by atoms with Gasteiger partial charge in [0, 0.05) is 30.1 Å². The number of nitrogens with one attached hydrogen (secondary N) is 1. The molecule has 126 valence electrons. The average molecular weight is 336 g/mol. The van der Waals surface area contributed by atoms with Gasteiger partial charge in [-0.15, -0.1) is 0 Å². The van der Waals surface area contributed by atoms with Crippen LogP contribution in [0.1, 0.15) is 11.3 Å². The molecule has 2 heterocycles. The van der Waals surface area contributed by atoms with E-state index in [-0.39, 0.29) is 5.69 Å². The van der Waals surface area contributed by atoms with Gasteiger partial charge in [-0.2, -0.15) is 18.3 Å². The molecule has 0 aliphatic rings. The molecule has 1 aromatic carbocycles. The SMILES string of the molecule is Cc1ccc(-c2cc(C[C@@H](O)C(F)(F)F)[nH]n2)cc1-n1ccnc1. The standard InChI is InChI=1S/C16H15F3N4O/c1-10-2-3-11(6-14(10)23-5-4-20-9-23)13-7-12(21-22-13)8-15(24)16(17,18)19/h2-7,9,15,24H,8H2,1H3,(H,21,22)/t15-/m1/s1. The van der Waals surface area contributed by atoms with Crippen LogP contribution < -0.4 is 0 Å². The molecule has 0 spiro atoms. The molecule has 0 unspecified atom stereocenters. The molecule has 5 nitrogen and oxygen atoms in total. The van der Waals surface area contributed by atoms with Crippen molar-refractivity contribution in [3.8, 4) is 16.9 Å². The first-order valence-corrected chi connectivity index (χ1v) is 7.23. The zero-order chi connectivity index (χ0) is 17.3. The van der Waals surface area contributed by atoms with Crippen LogP contribution >= 0.6 is 0 Å². The third kappa shape index (κ3) is 3.33. The summed E-state index contributed by atoms with van der Waals surface area (Å²) in [6.45, 7) is 1.95. The maximum atomic E-state index is 12.4. The van der Waals surface area contributed by atoms with E-state index in [0.29, 0.717) is 5.69 Å². The Hall–Kier alpha value is -2.61. The number of imidazole rings is 1. The number of aliphatic hydroxyl groups excluding tert-OH is 1. The Morgan fingerprint density at radius 3 is 2.75 bits per heavy atom. The number of aryl methyl sites for hydroxylation is 1. The number of alkyl halides is 3. The van der Waals surface area contributed by atoms with Crippen LogP contribution in [0.3, 0.4) is 0 Å². The van der Waals surface area contributed by atoms with Crippen molar-refractivity contribution in [3.05, 3.63) is 54.2 Å². The zero-order valence-corrected chi connectivity index (χ0v) is 12.7. The first-order chi connectivity index (χ1) is 11.3. The molecule has 3 rings (SSSR count). The Labute approximate surface area is 135 Å². The Balaban J connectivity index is 1.87. The molecule has 0 aliphatic heterocycles. The van der Waals surface area contributed by atoms with E-state index in [2.05, 4.69) is 15.2 Å². The fourth-order valence-corrected chi connectivity index (χ4v) is 2.39. The molecule has 0 bridgehead atoms. The molecule has 0 saturated carbocycles. The van der Waals surface area contributed by atoms with Crippen molar-refractivity contribution < 1.29 is 18.3 Å². The summed E-state index contributed by atoms with van der Waals surface area (Å²) in [4.78, 5) is 4.01. The van der Waals surface area contributed by atoms with Crippen LogP contribution in [-0.2, 0) is 6.42 Å². The Morgan fingerprint density at radius 1 is 1.29 bits per heavy atom. The lowest BCUT2D eigenvalue weighted by molar-refractivity contribution is -0.203. The number of aromatic nitrogens is 4. The number of H-pyrrole nitrogens is 1. The summed E-state index contributed by atoms with van der Waals surface area (Å²) in [5.74, 6) is 0. The maximum Gasteiger partial charge on any atom is 0.414 e. The van der Waals surface area contributed by atoms with Gasteiger partial charge in [-0.1, -0.05) is 12.1 Å². The summed E-state index contributed by atoms with van der Waals surface area (Å²) in [5, 5.41) is 15.7. The molecule has 0 fully saturated rings. The molecule has 0 aliphatic carbocycles. The number of aromatic amines is 1. The largest absolute Gasteiger partial charge is 0.414 e. The fourth-order valence-electron chi connectivity index (χ4n) is 2.39. The molecule has 8 heteroatoms. The molecule has 2 aromatic heterocycles. The minimum atomic E-state index is -4.65. The number of benzene rings is 1. The number of aliphatic hydroxyl groups is 1. The summed E-state index contributed by atoms with van der Waals surface area (Å²) in [6, 6.07) is 7.15. The minimum absolute atomic E-state index is 0.222. The molecule has 0 saturated heterocycles. The average Bonchev–Trinajstić information content (AvgIpc) is 3.18. The Morgan fingerprint density at radius 2 is 2.08 bits per heavy atom. The molecule has 1 atom stereocenters. The molecular weight excluding hydrogens is 321 g/mol. The summed E-state index contributed by atoms with van der Waals surface area (Å²) >= 11 is 0. The lowest BCUT2D eigenvalue weighted by Crippen LogP contribution is -2.30. The summed E-state index contributed by atoms with van der Waals surface area (Å²) in [7, 11) is 0. The first-order valence-electron chi connectivity index (χ1n) is 7.23. The van der Waals surface area contributed by atoms with Gasteiger partial charge in [-0.3, -0.25) is 5.10 Å². The normalized spacial score (nSPS) is 13.2.